The fraction of sp³-hybridized carbons (Fsp3) is 0.0909. The summed E-state index contributed by atoms with van der Waals surface area (Å²) < 4.78 is 31.4. The molecule has 1 amide bonds. The summed E-state index contributed by atoms with van der Waals surface area (Å²) in [5.41, 5.74) is 1.08. The molecule has 0 fully saturated rings. The molecule has 0 atom stereocenters. The maximum atomic E-state index is 13.4. The van der Waals surface area contributed by atoms with Gasteiger partial charge in [-0.05, 0) is 48.0 Å². The number of carbonyl (C=O) groups excluding carboxylic acids is 2. The molecule has 0 N–H and O–H groups in total. The molecule has 0 bridgehead atoms. The highest BCUT2D eigenvalue weighted by atomic mass is 35.5. The Balaban J connectivity index is 1.97. The first-order chi connectivity index (χ1) is 14.3. The Morgan fingerprint density at radius 1 is 1.00 bits per heavy atom. The summed E-state index contributed by atoms with van der Waals surface area (Å²) in [6.07, 6.45) is 0. The van der Waals surface area contributed by atoms with E-state index >= 15 is 0 Å². The smallest absolute Gasteiger partial charge is 0.337 e. The van der Waals surface area contributed by atoms with Crippen LogP contribution in [-0.2, 0) is 21.1 Å². The number of methoxy groups -OCH3 is 1. The van der Waals surface area contributed by atoms with Crippen molar-refractivity contribution in [3.63, 3.8) is 0 Å². The molecule has 1 heterocycles. The molecular formula is C22H16ClNO5S. The molecule has 8 heteroatoms. The van der Waals surface area contributed by atoms with Gasteiger partial charge in [0.05, 0.1) is 40.3 Å². The molecule has 1 aliphatic rings. The molecule has 6 nitrogen and oxygen atoms in total. The zero-order valence-electron chi connectivity index (χ0n) is 15.8. The molecule has 3 aromatic rings. The maximum absolute atomic E-state index is 13.4. The van der Waals surface area contributed by atoms with Crippen LogP contribution in [0.1, 0.15) is 26.3 Å². The van der Waals surface area contributed by atoms with Crippen molar-refractivity contribution in [2.24, 2.45) is 0 Å². The van der Waals surface area contributed by atoms with E-state index in [-0.39, 0.29) is 33.2 Å². The van der Waals surface area contributed by atoms with Gasteiger partial charge in [0, 0.05) is 5.02 Å². The number of anilines is 1. The van der Waals surface area contributed by atoms with Gasteiger partial charge in [0.2, 0.25) is 9.84 Å². The zero-order chi connectivity index (χ0) is 21.5. The van der Waals surface area contributed by atoms with Gasteiger partial charge in [-0.1, -0.05) is 35.9 Å². The Bertz CT molecular complexity index is 1270. The first-order valence-electron chi connectivity index (χ1n) is 8.95. The summed E-state index contributed by atoms with van der Waals surface area (Å²) in [4.78, 5) is 26.7. The number of sulfone groups is 1. The van der Waals surface area contributed by atoms with Gasteiger partial charge in [-0.25, -0.2) is 13.2 Å². The number of halogens is 1. The lowest BCUT2D eigenvalue weighted by Crippen LogP contribution is -2.30. The zero-order valence-corrected chi connectivity index (χ0v) is 17.4. The van der Waals surface area contributed by atoms with Gasteiger partial charge < -0.3 is 9.64 Å². The monoisotopic (exact) mass is 441 g/mol. The summed E-state index contributed by atoms with van der Waals surface area (Å²) in [5.74, 6) is -1.11. The molecule has 0 saturated heterocycles. The summed E-state index contributed by atoms with van der Waals surface area (Å²) in [5, 5.41) is 0.544. The van der Waals surface area contributed by atoms with Crippen LogP contribution in [0, 0.1) is 0 Å². The van der Waals surface area contributed by atoms with E-state index in [1.807, 2.05) is 0 Å². The number of hydrogen-bond donors (Lipinski definition) is 0. The normalized spacial score (nSPS) is 14.5. The lowest BCUT2D eigenvalue weighted by atomic mass is 10.1. The van der Waals surface area contributed by atoms with Crippen LogP contribution in [0.4, 0.5) is 5.69 Å². The predicted octanol–water partition coefficient (Wildman–Crippen LogP) is 4.12. The predicted molar refractivity (Wildman–Crippen MR) is 112 cm³/mol. The van der Waals surface area contributed by atoms with Crippen LogP contribution in [0.2, 0.25) is 5.02 Å². The average molecular weight is 442 g/mol. The molecule has 0 aromatic heterocycles. The minimum atomic E-state index is -3.99. The number of nitrogens with zero attached hydrogens (tertiary/aromatic N) is 1. The standard InChI is InChI=1S/C22H16ClNO5S/c1-29-22(26)15-8-11-20-18(12-15)24(13-14-6-9-16(23)10-7-14)21(25)17-4-2-3-5-19(17)30(20,27)28/h2-12H,13H2,1H3. The van der Waals surface area contributed by atoms with Gasteiger partial charge >= 0.3 is 5.97 Å². The van der Waals surface area contributed by atoms with Crippen LogP contribution in [-0.4, -0.2) is 27.4 Å². The fourth-order valence-corrected chi connectivity index (χ4v) is 5.14. The Labute approximate surface area is 178 Å². The summed E-state index contributed by atoms with van der Waals surface area (Å²) in [6.45, 7) is 0.0947. The van der Waals surface area contributed by atoms with E-state index in [2.05, 4.69) is 0 Å². The van der Waals surface area contributed by atoms with Crippen LogP contribution in [0.15, 0.2) is 76.5 Å². The van der Waals surface area contributed by atoms with Crippen molar-refractivity contribution in [1.29, 1.82) is 0 Å². The molecule has 0 saturated carbocycles. The topological polar surface area (TPSA) is 80.8 Å². The van der Waals surface area contributed by atoms with Crippen molar-refractivity contribution in [3.8, 4) is 0 Å². The number of benzene rings is 3. The number of rotatable bonds is 3. The van der Waals surface area contributed by atoms with Gasteiger partial charge in [0.25, 0.3) is 5.91 Å². The van der Waals surface area contributed by atoms with Gasteiger partial charge in [0.1, 0.15) is 0 Å². The van der Waals surface area contributed by atoms with Gasteiger partial charge in [-0.3, -0.25) is 4.79 Å². The van der Waals surface area contributed by atoms with E-state index in [1.165, 1.54) is 42.3 Å². The Kier molecular flexibility index (Phi) is 5.09. The van der Waals surface area contributed by atoms with Crippen molar-refractivity contribution in [2.75, 3.05) is 12.0 Å². The SMILES string of the molecule is COC(=O)c1ccc2c(c1)N(Cc1ccc(Cl)cc1)C(=O)c1ccccc1S2(=O)=O. The second kappa shape index (κ2) is 7.59. The van der Waals surface area contributed by atoms with E-state index in [1.54, 1.807) is 36.4 Å². The summed E-state index contributed by atoms with van der Waals surface area (Å²) in [7, 11) is -2.75. The van der Waals surface area contributed by atoms with Crippen molar-refractivity contribution < 1.29 is 22.7 Å². The molecule has 0 spiro atoms. The summed E-state index contributed by atoms with van der Waals surface area (Å²) >= 11 is 5.95. The van der Waals surface area contributed by atoms with Crippen molar-refractivity contribution in [3.05, 3.63) is 88.4 Å². The molecule has 1 aliphatic heterocycles. The Hall–Kier alpha value is -3.16. The molecular weight excluding hydrogens is 426 g/mol. The van der Waals surface area contributed by atoms with E-state index < -0.39 is 21.7 Å². The van der Waals surface area contributed by atoms with Crippen LogP contribution in [0.5, 0.6) is 0 Å². The second-order valence-corrected chi connectivity index (χ2v) is 9.01. The lowest BCUT2D eigenvalue weighted by molar-refractivity contribution is 0.0600. The number of ether oxygens (including phenoxy) is 1. The number of amides is 1. The first kappa shape index (κ1) is 20.1. The quantitative estimate of drug-likeness (QED) is 0.571. The van der Waals surface area contributed by atoms with Crippen LogP contribution in [0.25, 0.3) is 0 Å². The Morgan fingerprint density at radius 2 is 1.70 bits per heavy atom. The average Bonchev–Trinajstić information content (AvgIpc) is 2.83. The third-order valence-electron chi connectivity index (χ3n) is 4.87. The molecule has 30 heavy (non-hydrogen) atoms. The lowest BCUT2D eigenvalue weighted by Gasteiger charge is -2.23. The molecule has 4 rings (SSSR count). The molecule has 0 radical (unpaired) electrons. The highest BCUT2D eigenvalue weighted by molar-refractivity contribution is 7.91. The van der Waals surface area contributed by atoms with Crippen LogP contribution >= 0.6 is 11.6 Å². The van der Waals surface area contributed by atoms with Crippen molar-refractivity contribution in [2.45, 2.75) is 16.3 Å². The summed E-state index contributed by atoms with van der Waals surface area (Å²) in [6, 6.07) is 17.1. The second-order valence-electron chi connectivity index (χ2n) is 6.69. The third-order valence-corrected chi connectivity index (χ3v) is 6.98. The minimum absolute atomic E-state index is 0.0533. The van der Waals surface area contributed by atoms with Crippen molar-refractivity contribution in [1.82, 2.24) is 0 Å². The molecule has 152 valence electrons. The van der Waals surface area contributed by atoms with Crippen LogP contribution in [0.3, 0.4) is 0 Å². The number of hydrogen-bond acceptors (Lipinski definition) is 5. The fourth-order valence-electron chi connectivity index (χ4n) is 3.38. The molecule has 0 unspecified atom stereocenters. The van der Waals surface area contributed by atoms with Gasteiger partial charge in [-0.15, -0.1) is 0 Å². The van der Waals surface area contributed by atoms with Crippen molar-refractivity contribution >= 4 is 39.0 Å². The highest BCUT2D eigenvalue weighted by Crippen LogP contribution is 2.38. The third kappa shape index (κ3) is 3.36. The van der Waals surface area contributed by atoms with Gasteiger partial charge in [-0.2, -0.15) is 0 Å². The van der Waals surface area contributed by atoms with E-state index in [4.69, 9.17) is 16.3 Å². The number of esters is 1. The first-order valence-corrected chi connectivity index (χ1v) is 10.8. The molecule has 0 aliphatic carbocycles. The highest BCUT2D eigenvalue weighted by Gasteiger charge is 2.36. The number of fused-ring (bicyclic) bond motifs is 2. The van der Waals surface area contributed by atoms with Crippen LogP contribution < -0.4 is 4.90 Å². The molecule has 3 aromatic carbocycles. The van der Waals surface area contributed by atoms with E-state index in [0.717, 1.165) is 5.56 Å². The largest absolute Gasteiger partial charge is 0.465 e. The van der Waals surface area contributed by atoms with Gasteiger partial charge in [0.15, 0.2) is 0 Å². The van der Waals surface area contributed by atoms with E-state index in [0.29, 0.717) is 5.02 Å². The van der Waals surface area contributed by atoms with E-state index in [9.17, 15) is 18.0 Å². The Morgan fingerprint density at radius 3 is 2.40 bits per heavy atom. The number of carbonyl (C=O) groups is 2. The minimum Gasteiger partial charge on any atom is -0.465 e. The maximum Gasteiger partial charge on any atom is 0.337 e.